The highest BCUT2D eigenvalue weighted by atomic mass is 35.5. The molecular weight excluding hydrogens is 443 g/mol. The number of benzene rings is 2. The second kappa shape index (κ2) is 8.27. The van der Waals surface area contributed by atoms with Gasteiger partial charge in [0.1, 0.15) is 18.2 Å². The second-order valence-corrected chi connectivity index (χ2v) is 7.91. The van der Waals surface area contributed by atoms with Crippen molar-refractivity contribution in [1.82, 2.24) is 4.98 Å². The van der Waals surface area contributed by atoms with Gasteiger partial charge in [-0.3, -0.25) is 9.59 Å². The Balaban J connectivity index is 1.77. The number of aryl methyl sites for hydroxylation is 1. The number of nitrogens with zero attached hydrogens (tertiary/aromatic N) is 2. The molecule has 0 saturated carbocycles. The number of hydrogen-bond acceptors (Lipinski definition) is 3. The lowest BCUT2D eigenvalue weighted by Crippen LogP contribution is -2.40. The van der Waals surface area contributed by atoms with E-state index in [4.69, 9.17) is 11.6 Å². The van der Waals surface area contributed by atoms with Crippen LogP contribution in [0.25, 0.3) is 11.1 Å². The summed E-state index contributed by atoms with van der Waals surface area (Å²) in [5, 5.41) is 2.40. The normalized spacial score (nSPS) is 15.1. The molecule has 164 valence electrons. The molecule has 0 spiro atoms. The number of amides is 2. The third-order valence-electron chi connectivity index (χ3n) is 5.27. The number of halogens is 4. The van der Waals surface area contributed by atoms with E-state index in [1.807, 2.05) is 0 Å². The average Bonchev–Trinajstić information content (AvgIpc) is 2.80. The van der Waals surface area contributed by atoms with Crippen LogP contribution >= 0.6 is 11.6 Å². The van der Waals surface area contributed by atoms with E-state index in [0.29, 0.717) is 5.56 Å². The number of aromatic nitrogens is 1. The molecule has 1 N–H and O–H groups in total. The van der Waals surface area contributed by atoms with Crippen LogP contribution in [0.3, 0.4) is 0 Å². The second-order valence-electron chi connectivity index (χ2n) is 7.50. The van der Waals surface area contributed by atoms with Gasteiger partial charge in [0.25, 0.3) is 0 Å². The van der Waals surface area contributed by atoms with Gasteiger partial charge in [0, 0.05) is 11.4 Å². The van der Waals surface area contributed by atoms with Gasteiger partial charge in [0.05, 0.1) is 22.2 Å². The molecule has 0 saturated heterocycles. The van der Waals surface area contributed by atoms with Gasteiger partial charge >= 0.3 is 0 Å². The molecule has 0 fully saturated rings. The monoisotopic (exact) mass is 459 g/mol. The van der Waals surface area contributed by atoms with Crippen LogP contribution in [0.5, 0.6) is 0 Å². The molecule has 2 amide bonds. The summed E-state index contributed by atoms with van der Waals surface area (Å²) in [6.45, 7) is 2.67. The van der Waals surface area contributed by atoms with Crippen molar-refractivity contribution in [3.63, 3.8) is 0 Å². The zero-order valence-electron chi connectivity index (χ0n) is 17.0. The summed E-state index contributed by atoms with van der Waals surface area (Å²) in [5.41, 5.74) is 1.10. The molecule has 1 aliphatic rings. The molecule has 0 radical (unpaired) electrons. The maximum Gasteiger partial charge on any atom is 0.244 e. The number of anilines is 2. The van der Waals surface area contributed by atoms with Crippen molar-refractivity contribution >= 4 is 34.8 Å². The Morgan fingerprint density at radius 2 is 1.91 bits per heavy atom. The van der Waals surface area contributed by atoms with E-state index in [1.54, 1.807) is 13.8 Å². The summed E-state index contributed by atoms with van der Waals surface area (Å²) in [6.07, 6.45) is 0. The highest BCUT2D eigenvalue weighted by Gasteiger charge is 2.35. The van der Waals surface area contributed by atoms with Crippen LogP contribution < -0.4 is 10.2 Å². The molecule has 5 nitrogen and oxygen atoms in total. The van der Waals surface area contributed by atoms with Crippen LogP contribution in [-0.2, 0) is 9.59 Å². The number of pyridine rings is 1. The first-order chi connectivity index (χ1) is 15.2. The van der Waals surface area contributed by atoms with Crippen LogP contribution in [0.15, 0.2) is 42.5 Å². The fraction of sp³-hybridized carbons (Fsp3) is 0.174. The van der Waals surface area contributed by atoms with Crippen molar-refractivity contribution < 1.29 is 22.8 Å². The van der Waals surface area contributed by atoms with Gasteiger partial charge in [-0.2, -0.15) is 4.39 Å². The van der Waals surface area contributed by atoms with Crippen LogP contribution in [0.2, 0.25) is 5.02 Å². The number of carbonyl (C=O) groups excluding carboxylic acids is 2. The van der Waals surface area contributed by atoms with Crippen molar-refractivity contribution in [2.24, 2.45) is 0 Å². The molecule has 2 aromatic carbocycles. The molecular formula is C23H17ClF3N3O2. The number of carbonyl (C=O) groups is 2. The highest BCUT2D eigenvalue weighted by molar-refractivity contribution is 6.30. The molecule has 1 aliphatic heterocycles. The van der Waals surface area contributed by atoms with E-state index < -0.39 is 41.9 Å². The minimum atomic E-state index is -0.876. The Kier molecular flexibility index (Phi) is 5.64. The molecule has 2 heterocycles. The molecule has 1 aromatic heterocycles. The lowest BCUT2D eigenvalue weighted by atomic mass is 9.92. The summed E-state index contributed by atoms with van der Waals surface area (Å²) in [5.74, 6) is -4.07. The molecule has 0 bridgehead atoms. The van der Waals surface area contributed by atoms with E-state index in [9.17, 15) is 22.8 Å². The highest BCUT2D eigenvalue weighted by Crippen LogP contribution is 2.42. The van der Waals surface area contributed by atoms with Gasteiger partial charge in [-0.05, 0) is 61.4 Å². The van der Waals surface area contributed by atoms with E-state index in [1.165, 1.54) is 30.3 Å². The number of nitrogens with one attached hydrogen (secondary N) is 1. The Bertz CT molecular complexity index is 1270. The third kappa shape index (κ3) is 3.93. The van der Waals surface area contributed by atoms with Crippen LogP contribution in [0.1, 0.15) is 24.1 Å². The summed E-state index contributed by atoms with van der Waals surface area (Å²) in [6, 6.07) is 8.99. The smallest absolute Gasteiger partial charge is 0.244 e. The quantitative estimate of drug-likeness (QED) is 0.546. The molecule has 0 unspecified atom stereocenters. The van der Waals surface area contributed by atoms with Crippen molar-refractivity contribution in [3.05, 3.63) is 76.3 Å². The summed E-state index contributed by atoms with van der Waals surface area (Å²) in [4.78, 5) is 31.0. The molecule has 9 heteroatoms. The number of hydrogen-bond donors (Lipinski definition) is 1. The van der Waals surface area contributed by atoms with Crippen molar-refractivity contribution in [2.45, 2.75) is 19.8 Å². The van der Waals surface area contributed by atoms with Gasteiger partial charge in [-0.25, -0.2) is 13.8 Å². The lowest BCUT2D eigenvalue weighted by Gasteiger charge is -2.24. The van der Waals surface area contributed by atoms with E-state index >= 15 is 0 Å². The first-order valence-electron chi connectivity index (χ1n) is 9.69. The Hall–Kier alpha value is -3.39. The summed E-state index contributed by atoms with van der Waals surface area (Å²) >= 11 is 5.66. The van der Waals surface area contributed by atoms with E-state index in [-0.39, 0.29) is 33.2 Å². The van der Waals surface area contributed by atoms with Crippen LogP contribution in [0, 0.1) is 24.5 Å². The Morgan fingerprint density at radius 3 is 2.62 bits per heavy atom. The van der Waals surface area contributed by atoms with Gasteiger partial charge in [-0.15, -0.1) is 0 Å². The van der Waals surface area contributed by atoms with Gasteiger partial charge in [0.15, 0.2) is 0 Å². The number of rotatable bonds is 3. The fourth-order valence-corrected chi connectivity index (χ4v) is 3.89. The zero-order valence-corrected chi connectivity index (χ0v) is 17.8. The topological polar surface area (TPSA) is 62.3 Å². The fourth-order valence-electron chi connectivity index (χ4n) is 3.77. The summed E-state index contributed by atoms with van der Waals surface area (Å²) < 4.78 is 42.7. The molecule has 3 aromatic rings. The first kappa shape index (κ1) is 21.8. The zero-order chi connectivity index (χ0) is 23.2. The maximum atomic E-state index is 15.0. The van der Waals surface area contributed by atoms with Crippen molar-refractivity contribution in [3.8, 4) is 11.1 Å². The first-order valence-corrected chi connectivity index (χ1v) is 10.1. The van der Waals surface area contributed by atoms with Crippen molar-refractivity contribution in [2.75, 3.05) is 16.8 Å². The minimum Gasteiger partial charge on any atom is -0.324 e. The number of fused-ring (bicyclic) bond motifs is 3. The van der Waals surface area contributed by atoms with Crippen molar-refractivity contribution in [1.29, 1.82) is 0 Å². The van der Waals surface area contributed by atoms with Gasteiger partial charge in [-0.1, -0.05) is 17.7 Å². The van der Waals surface area contributed by atoms with Crippen LogP contribution in [0.4, 0.5) is 24.5 Å². The van der Waals surface area contributed by atoms with Crippen LogP contribution in [-0.4, -0.2) is 23.3 Å². The predicted molar refractivity (Wildman–Crippen MR) is 115 cm³/mol. The maximum absolute atomic E-state index is 15.0. The largest absolute Gasteiger partial charge is 0.324 e. The lowest BCUT2D eigenvalue weighted by molar-refractivity contribution is -0.122. The standard InChI is InChI=1S/C23H17ClF3N3O2/c1-11-7-19-21(22(27)28-11)16-8-13(25)3-5-15(16)12(2)23(32)30(19)10-20(31)29-14-4-6-17(24)18(26)9-14/h3-9,12H,10H2,1-2H3,(H,29,31)/t12-/m1/s1. The van der Waals surface area contributed by atoms with E-state index in [0.717, 1.165) is 17.0 Å². The Morgan fingerprint density at radius 1 is 1.16 bits per heavy atom. The average molecular weight is 460 g/mol. The van der Waals surface area contributed by atoms with Gasteiger partial charge in [0.2, 0.25) is 17.8 Å². The molecule has 0 aliphatic carbocycles. The molecule has 4 rings (SSSR count). The Labute approximate surface area is 186 Å². The molecule has 1 atom stereocenters. The molecule has 32 heavy (non-hydrogen) atoms. The third-order valence-corrected chi connectivity index (χ3v) is 5.57. The SMILES string of the molecule is Cc1cc2c(c(F)n1)-c1cc(F)ccc1[C@@H](C)C(=O)N2CC(=O)Nc1ccc(Cl)c(F)c1. The van der Waals surface area contributed by atoms with E-state index in [2.05, 4.69) is 10.3 Å². The van der Waals surface area contributed by atoms with Gasteiger partial charge < -0.3 is 10.2 Å². The summed E-state index contributed by atoms with van der Waals surface area (Å²) in [7, 11) is 0. The predicted octanol–water partition coefficient (Wildman–Crippen LogP) is 5.22. The minimum absolute atomic E-state index is 0.0619.